The van der Waals surface area contributed by atoms with Crippen LogP contribution in [0.3, 0.4) is 0 Å². The normalized spacial score (nSPS) is 10.6. The lowest BCUT2D eigenvalue weighted by atomic mass is 10.1. The maximum absolute atomic E-state index is 6.24. The van der Waals surface area contributed by atoms with E-state index in [1.54, 1.807) is 0 Å². The van der Waals surface area contributed by atoms with Gasteiger partial charge in [0.2, 0.25) is 0 Å². The molecule has 0 radical (unpaired) electrons. The predicted molar refractivity (Wildman–Crippen MR) is 73.5 cm³/mol. The minimum Gasteiger partial charge on any atom is -0.493 e. The highest BCUT2D eigenvalue weighted by Gasteiger charge is 2.14. The van der Waals surface area contributed by atoms with Crippen LogP contribution >= 0.6 is 11.6 Å². The fraction of sp³-hybridized carbons (Fsp3) is 0.308. The molecule has 96 valence electrons. The van der Waals surface area contributed by atoms with Crippen LogP contribution in [0.15, 0.2) is 18.3 Å². The Morgan fingerprint density at radius 1 is 1.17 bits per heavy atom. The van der Waals surface area contributed by atoms with Gasteiger partial charge in [-0.2, -0.15) is 0 Å². The Labute approximate surface area is 111 Å². The molecule has 0 atom stereocenters. The predicted octanol–water partition coefficient (Wildman–Crippen LogP) is 3.27. The highest BCUT2D eigenvalue weighted by molar-refractivity contribution is 6.38. The molecule has 0 aliphatic rings. The maximum Gasteiger partial charge on any atom is 0.145 e. The SMILES string of the molecule is CCOc1ccc(OCC)c2c(Cl)c(N)cnc12. The number of hydrogen-bond acceptors (Lipinski definition) is 4. The molecule has 0 saturated heterocycles. The molecule has 0 amide bonds. The van der Waals surface area contributed by atoms with Crippen LogP contribution in [-0.4, -0.2) is 18.2 Å². The number of nitrogen functional groups attached to an aromatic ring is 1. The van der Waals surface area contributed by atoms with Crippen LogP contribution < -0.4 is 15.2 Å². The van der Waals surface area contributed by atoms with E-state index < -0.39 is 0 Å². The first-order valence-corrected chi connectivity index (χ1v) is 6.19. The third-order valence-electron chi connectivity index (χ3n) is 2.51. The van der Waals surface area contributed by atoms with Crippen LogP contribution in [0.2, 0.25) is 5.02 Å². The van der Waals surface area contributed by atoms with Crippen molar-refractivity contribution in [2.75, 3.05) is 18.9 Å². The van der Waals surface area contributed by atoms with Crippen molar-refractivity contribution < 1.29 is 9.47 Å². The Balaban J connectivity index is 2.73. The second kappa shape index (κ2) is 5.31. The van der Waals surface area contributed by atoms with Gasteiger partial charge in [0, 0.05) is 0 Å². The molecule has 0 spiro atoms. The van der Waals surface area contributed by atoms with Crippen molar-refractivity contribution in [1.29, 1.82) is 0 Å². The number of ether oxygens (including phenoxy) is 2. The first-order valence-electron chi connectivity index (χ1n) is 5.81. The molecule has 0 bridgehead atoms. The van der Waals surface area contributed by atoms with Gasteiger partial charge in [0.05, 0.1) is 35.5 Å². The van der Waals surface area contributed by atoms with Crippen molar-refractivity contribution in [3.8, 4) is 11.5 Å². The summed E-state index contributed by atoms with van der Waals surface area (Å²) in [6.45, 7) is 4.94. The van der Waals surface area contributed by atoms with Crippen molar-refractivity contribution in [2.45, 2.75) is 13.8 Å². The van der Waals surface area contributed by atoms with Gasteiger partial charge >= 0.3 is 0 Å². The lowest BCUT2D eigenvalue weighted by Crippen LogP contribution is -1.99. The van der Waals surface area contributed by atoms with E-state index in [0.29, 0.717) is 46.3 Å². The largest absolute Gasteiger partial charge is 0.493 e. The van der Waals surface area contributed by atoms with Crippen molar-refractivity contribution in [1.82, 2.24) is 4.98 Å². The number of nitrogens with two attached hydrogens (primary N) is 1. The Morgan fingerprint density at radius 2 is 1.78 bits per heavy atom. The second-order valence-corrected chi connectivity index (χ2v) is 4.06. The topological polar surface area (TPSA) is 57.4 Å². The molecule has 0 aliphatic heterocycles. The Morgan fingerprint density at radius 3 is 2.44 bits per heavy atom. The molecule has 2 N–H and O–H groups in total. The van der Waals surface area contributed by atoms with Gasteiger partial charge < -0.3 is 15.2 Å². The Kier molecular flexibility index (Phi) is 3.77. The van der Waals surface area contributed by atoms with E-state index in [4.69, 9.17) is 26.8 Å². The van der Waals surface area contributed by atoms with Crippen molar-refractivity contribution in [3.05, 3.63) is 23.4 Å². The van der Waals surface area contributed by atoms with E-state index in [1.807, 2.05) is 26.0 Å². The molecule has 0 fully saturated rings. The zero-order chi connectivity index (χ0) is 13.1. The van der Waals surface area contributed by atoms with Crippen LogP contribution in [0, 0.1) is 0 Å². The number of anilines is 1. The van der Waals surface area contributed by atoms with E-state index in [-0.39, 0.29) is 0 Å². The summed E-state index contributed by atoms with van der Waals surface area (Å²) in [6.07, 6.45) is 1.53. The summed E-state index contributed by atoms with van der Waals surface area (Å²) in [5, 5.41) is 1.15. The van der Waals surface area contributed by atoms with Crippen LogP contribution in [0.1, 0.15) is 13.8 Å². The van der Waals surface area contributed by atoms with Gasteiger partial charge in [0.25, 0.3) is 0 Å². The number of fused-ring (bicyclic) bond motifs is 1. The second-order valence-electron chi connectivity index (χ2n) is 3.68. The fourth-order valence-electron chi connectivity index (χ4n) is 1.78. The van der Waals surface area contributed by atoms with Crippen molar-refractivity contribution in [2.24, 2.45) is 0 Å². The minimum atomic E-state index is 0.429. The van der Waals surface area contributed by atoms with Gasteiger partial charge in [-0.1, -0.05) is 11.6 Å². The molecule has 0 aliphatic carbocycles. The monoisotopic (exact) mass is 266 g/mol. The van der Waals surface area contributed by atoms with Crippen LogP contribution in [0.4, 0.5) is 5.69 Å². The van der Waals surface area contributed by atoms with Gasteiger partial charge in [-0.3, -0.25) is 0 Å². The number of aromatic nitrogens is 1. The van der Waals surface area contributed by atoms with Crippen LogP contribution in [-0.2, 0) is 0 Å². The van der Waals surface area contributed by atoms with E-state index >= 15 is 0 Å². The molecule has 2 aromatic rings. The third kappa shape index (κ3) is 2.16. The van der Waals surface area contributed by atoms with E-state index in [9.17, 15) is 0 Å². The average Bonchev–Trinajstić information content (AvgIpc) is 2.36. The molecule has 5 heteroatoms. The number of pyridine rings is 1. The highest BCUT2D eigenvalue weighted by atomic mass is 35.5. The summed E-state index contributed by atoms with van der Waals surface area (Å²) in [6, 6.07) is 3.65. The first-order chi connectivity index (χ1) is 8.69. The zero-order valence-corrected chi connectivity index (χ0v) is 11.1. The number of hydrogen-bond donors (Lipinski definition) is 1. The number of nitrogens with zero attached hydrogens (tertiary/aromatic N) is 1. The van der Waals surface area contributed by atoms with E-state index in [2.05, 4.69) is 4.98 Å². The fourth-order valence-corrected chi connectivity index (χ4v) is 2.01. The molecule has 0 saturated carbocycles. The number of rotatable bonds is 4. The summed E-state index contributed by atoms with van der Waals surface area (Å²) in [5.74, 6) is 1.35. The smallest absolute Gasteiger partial charge is 0.145 e. The van der Waals surface area contributed by atoms with Gasteiger partial charge in [0.1, 0.15) is 17.0 Å². The van der Waals surface area contributed by atoms with Gasteiger partial charge in [-0.05, 0) is 26.0 Å². The summed E-state index contributed by atoms with van der Waals surface area (Å²) < 4.78 is 11.1. The molecule has 0 unspecified atom stereocenters. The standard InChI is InChI=1S/C13H15ClN2O2/c1-3-17-9-5-6-10(18-4-2)13-11(9)12(14)8(15)7-16-13/h5-7H,3-4,15H2,1-2H3. The van der Waals surface area contributed by atoms with Crippen LogP contribution in [0.5, 0.6) is 11.5 Å². The maximum atomic E-state index is 6.24. The van der Waals surface area contributed by atoms with Gasteiger partial charge in [-0.25, -0.2) is 4.98 Å². The molecule has 1 aromatic heterocycles. The summed E-state index contributed by atoms with van der Waals surface area (Å²) in [4.78, 5) is 4.29. The number of benzene rings is 1. The first kappa shape index (κ1) is 12.8. The minimum absolute atomic E-state index is 0.429. The molecular weight excluding hydrogens is 252 g/mol. The summed E-state index contributed by atoms with van der Waals surface area (Å²) >= 11 is 6.24. The summed E-state index contributed by atoms with van der Waals surface area (Å²) in [5.41, 5.74) is 6.88. The zero-order valence-electron chi connectivity index (χ0n) is 10.4. The molecular formula is C13H15ClN2O2. The van der Waals surface area contributed by atoms with E-state index in [0.717, 1.165) is 0 Å². The van der Waals surface area contributed by atoms with Gasteiger partial charge in [-0.15, -0.1) is 0 Å². The van der Waals surface area contributed by atoms with Crippen molar-refractivity contribution in [3.63, 3.8) is 0 Å². The Bertz CT molecular complexity index is 572. The quantitative estimate of drug-likeness (QED) is 0.923. The third-order valence-corrected chi connectivity index (χ3v) is 2.92. The molecule has 1 aromatic carbocycles. The average molecular weight is 267 g/mol. The lowest BCUT2D eigenvalue weighted by Gasteiger charge is -2.13. The van der Waals surface area contributed by atoms with E-state index in [1.165, 1.54) is 6.20 Å². The lowest BCUT2D eigenvalue weighted by molar-refractivity contribution is 0.336. The van der Waals surface area contributed by atoms with Crippen LogP contribution in [0.25, 0.3) is 10.9 Å². The summed E-state index contributed by atoms with van der Waals surface area (Å²) in [7, 11) is 0. The molecule has 4 nitrogen and oxygen atoms in total. The highest BCUT2D eigenvalue weighted by Crippen LogP contribution is 2.38. The molecule has 18 heavy (non-hydrogen) atoms. The molecule has 2 rings (SSSR count). The van der Waals surface area contributed by atoms with Crippen molar-refractivity contribution >= 4 is 28.2 Å². The number of halogens is 1. The van der Waals surface area contributed by atoms with Gasteiger partial charge in [0.15, 0.2) is 0 Å². The Hall–Kier alpha value is -1.68. The molecule has 1 heterocycles.